The van der Waals surface area contributed by atoms with Crippen molar-refractivity contribution in [2.24, 2.45) is 7.05 Å². The molecular weight excluding hydrogens is 232 g/mol. The number of hydrogen-bond donors (Lipinski definition) is 1. The van der Waals surface area contributed by atoms with Gasteiger partial charge in [-0.25, -0.2) is 9.78 Å². The Morgan fingerprint density at radius 1 is 1.39 bits per heavy atom. The van der Waals surface area contributed by atoms with Crippen LogP contribution in [0.2, 0.25) is 0 Å². The second-order valence-electron chi connectivity index (χ2n) is 3.93. The highest BCUT2D eigenvalue weighted by Crippen LogP contribution is 2.22. The Kier molecular flexibility index (Phi) is 2.16. The van der Waals surface area contributed by atoms with Gasteiger partial charge in [0.2, 0.25) is 0 Å². The van der Waals surface area contributed by atoms with Gasteiger partial charge in [0, 0.05) is 19.4 Å². The lowest BCUT2D eigenvalue weighted by atomic mass is 10.2. The van der Waals surface area contributed by atoms with Crippen LogP contribution in [0.1, 0.15) is 10.4 Å². The van der Waals surface area contributed by atoms with Crippen molar-refractivity contribution in [2.45, 2.75) is 0 Å². The summed E-state index contributed by atoms with van der Waals surface area (Å²) in [6, 6.07) is 5.63. The molecule has 0 amide bonds. The zero-order valence-corrected chi connectivity index (χ0v) is 9.61. The fraction of sp³-hybridized carbons (Fsp3) is 0.0833. The molecule has 0 saturated heterocycles. The third kappa shape index (κ3) is 1.46. The molecule has 0 aromatic carbocycles. The van der Waals surface area contributed by atoms with Crippen LogP contribution >= 0.6 is 0 Å². The molecule has 0 bridgehead atoms. The van der Waals surface area contributed by atoms with Gasteiger partial charge in [-0.1, -0.05) is 6.07 Å². The normalized spacial score (nSPS) is 10.9. The summed E-state index contributed by atoms with van der Waals surface area (Å²) in [5.74, 6) is -1.00. The first-order valence-corrected chi connectivity index (χ1v) is 5.36. The molecule has 6 heteroatoms. The molecule has 0 aliphatic rings. The number of carbonyl (C=O) groups is 1. The highest BCUT2D eigenvalue weighted by atomic mass is 16.4. The molecule has 1 N–H and O–H groups in total. The molecule has 6 nitrogen and oxygen atoms in total. The van der Waals surface area contributed by atoms with Gasteiger partial charge in [0.1, 0.15) is 22.6 Å². The Bertz CT molecular complexity index is 708. The van der Waals surface area contributed by atoms with Crippen LogP contribution in [0.4, 0.5) is 0 Å². The smallest absolute Gasteiger partial charge is 0.339 e. The molecular formula is C12H10N4O2. The van der Waals surface area contributed by atoms with Crippen LogP contribution in [-0.4, -0.2) is 30.2 Å². The number of hydrogen-bond acceptors (Lipinski definition) is 3. The van der Waals surface area contributed by atoms with Crippen LogP contribution < -0.4 is 0 Å². The van der Waals surface area contributed by atoms with Crippen molar-refractivity contribution in [2.75, 3.05) is 0 Å². The van der Waals surface area contributed by atoms with Crippen molar-refractivity contribution in [3.8, 4) is 11.4 Å². The van der Waals surface area contributed by atoms with E-state index in [9.17, 15) is 4.79 Å². The van der Waals surface area contributed by atoms with Crippen molar-refractivity contribution in [1.29, 1.82) is 0 Å². The lowest BCUT2D eigenvalue weighted by Gasteiger charge is -1.98. The molecule has 0 saturated carbocycles. The summed E-state index contributed by atoms with van der Waals surface area (Å²) in [5, 5.41) is 13.1. The number of carboxylic acids is 1. The molecule has 0 unspecified atom stereocenters. The molecule has 3 heterocycles. The SMILES string of the molecule is Cn1ncc(C(=O)O)c1-c1cn2ccccc2n1. The predicted octanol–water partition coefficient (Wildman–Crippen LogP) is 1.43. The largest absolute Gasteiger partial charge is 0.478 e. The van der Waals surface area contributed by atoms with Crippen LogP contribution in [0.5, 0.6) is 0 Å². The van der Waals surface area contributed by atoms with Crippen molar-refractivity contribution >= 4 is 11.6 Å². The highest BCUT2D eigenvalue weighted by molar-refractivity contribution is 5.94. The fourth-order valence-corrected chi connectivity index (χ4v) is 1.95. The van der Waals surface area contributed by atoms with E-state index in [1.165, 1.54) is 10.9 Å². The van der Waals surface area contributed by atoms with Gasteiger partial charge in [0.05, 0.1) is 6.20 Å². The van der Waals surface area contributed by atoms with Gasteiger partial charge in [-0.3, -0.25) is 4.68 Å². The number of nitrogens with zero attached hydrogens (tertiary/aromatic N) is 4. The molecule has 0 spiro atoms. The van der Waals surface area contributed by atoms with Gasteiger partial charge < -0.3 is 9.51 Å². The number of pyridine rings is 1. The third-order valence-electron chi connectivity index (χ3n) is 2.78. The Morgan fingerprint density at radius 3 is 2.94 bits per heavy atom. The maximum absolute atomic E-state index is 11.1. The Hall–Kier alpha value is -2.63. The van der Waals surface area contributed by atoms with Gasteiger partial charge in [-0.2, -0.15) is 5.10 Å². The number of carboxylic acid groups (broad SMARTS) is 1. The fourth-order valence-electron chi connectivity index (χ4n) is 1.95. The quantitative estimate of drug-likeness (QED) is 0.737. The molecule has 0 aliphatic heterocycles. The van der Waals surface area contributed by atoms with Gasteiger partial charge >= 0.3 is 5.97 Å². The first kappa shape index (κ1) is 10.5. The van der Waals surface area contributed by atoms with Crippen LogP contribution in [-0.2, 0) is 7.05 Å². The van der Waals surface area contributed by atoms with Crippen molar-refractivity contribution in [1.82, 2.24) is 19.2 Å². The van der Waals surface area contributed by atoms with Gasteiger partial charge in [0.15, 0.2) is 0 Å². The summed E-state index contributed by atoms with van der Waals surface area (Å²) in [6.07, 6.45) is 4.99. The van der Waals surface area contributed by atoms with Crippen molar-refractivity contribution < 1.29 is 9.90 Å². The summed E-state index contributed by atoms with van der Waals surface area (Å²) in [5.41, 5.74) is 2.02. The summed E-state index contributed by atoms with van der Waals surface area (Å²) in [7, 11) is 1.70. The molecule has 0 atom stereocenters. The molecule has 3 aromatic heterocycles. The zero-order valence-electron chi connectivity index (χ0n) is 9.61. The van der Waals surface area contributed by atoms with E-state index in [1.807, 2.05) is 28.8 Å². The number of imidazole rings is 1. The van der Waals surface area contributed by atoms with E-state index < -0.39 is 5.97 Å². The van der Waals surface area contributed by atoms with E-state index in [1.54, 1.807) is 13.2 Å². The number of aryl methyl sites for hydroxylation is 1. The van der Waals surface area contributed by atoms with E-state index in [2.05, 4.69) is 10.1 Å². The van der Waals surface area contributed by atoms with Crippen LogP contribution in [0.3, 0.4) is 0 Å². The van der Waals surface area contributed by atoms with E-state index in [0.717, 1.165) is 5.65 Å². The first-order chi connectivity index (χ1) is 8.66. The summed E-state index contributed by atoms with van der Waals surface area (Å²) in [6.45, 7) is 0. The average molecular weight is 242 g/mol. The topological polar surface area (TPSA) is 72.4 Å². The zero-order chi connectivity index (χ0) is 12.7. The number of fused-ring (bicyclic) bond motifs is 1. The Labute approximate surface area is 102 Å². The second kappa shape index (κ2) is 3.69. The third-order valence-corrected chi connectivity index (χ3v) is 2.78. The van der Waals surface area contributed by atoms with Crippen LogP contribution in [0.15, 0.2) is 36.8 Å². The van der Waals surface area contributed by atoms with E-state index >= 15 is 0 Å². The van der Waals surface area contributed by atoms with Crippen molar-refractivity contribution in [3.05, 3.63) is 42.4 Å². The van der Waals surface area contributed by atoms with Gasteiger partial charge in [-0.15, -0.1) is 0 Å². The average Bonchev–Trinajstić information content (AvgIpc) is 2.91. The molecule has 3 rings (SSSR count). The minimum atomic E-state index is -1.00. The molecule has 0 radical (unpaired) electrons. The minimum Gasteiger partial charge on any atom is -0.478 e. The molecule has 3 aromatic rings. The summed E-state index contributed by atoms with van der Waals surface area (Å²) >= 11 is 0. The Balaban J connectivity index is 2.25. The van der Waals surface area contributed by atoms with Crippen LogP contribution in [0, 0.1) is 0 Å². The van der Waals surface area contributed by atoms with Crippen molar-refractivity contribution in [3.63, 3.8) is 0 Å². The molecule has 90 valence electrons. The van der Waals surface area contributed by atoms with Crippen LogP contribution in [0.25, 0.3) is 17.0 Å². The summed E-state index contributed by atoms with van der Waals surface area (Å²) in [4.78, 5) is 15.5. The lowest BCUT2D eigenvalue weighted by Crippen LogP contribution is -2.00. The molecule has 0 fully saturated rings. The molecule has 18 heavy (non-hydrogen) atoms. The predicted molar refractivity (Wildman–Crippen MR) is 64.4 cm³/mol. The number of rotatable bonds is 2. The van der Waals surface area contributed by atoms with E-state index in [-0.39, 0.29) is 5.56 Å². The van der Waals surface area contributed by atoms with E-state index in [4.69, 9.17) is 5.11 Å². The second-order valence-corrected chi connectivity index (χ2v) is 3.93. The maximum atomic E-state index is 11.1. The monoisotopic (exact) mass is 242 g/mol. The number of aromatic nitrogens is 4. The summed E-state index contributed by atoms with van der Waals surface area (Å²) < 4.78 is 3.36. The minimum absolute atomic E-state index is 0.154. The lowest BCUT2D eigenvalue weighted by molar-refractivity contribution is 0.0697. The van der Waals surface area contributed by atoms with Gasteiger partial charge in [0.25, 0.3) is 0 Å². The Morgan fingerprint density at radius 2 is 2.22 bits per heavy atom. The van der Waals surface area contributed by atoms with E-state index in [0.29, 0.717) is 11.4 Å². The maximum Gasteiger partial charge on any atom is 0.339 e. The van der Waals surface area contributed by atoms with Gasteiger partial charge in [-0.05, 0) is 12.1 Å². The first-order valence-electron chi connectivity index (χ1n) is 5.36. The standard InChI is InChI=1S/C12H10N4O2/c1-15-11(8(6-13-15)12(17)18)9-7-16-5-3-2-4-10(16)14-9/h2-7H,1H3,(H,17,18). The molecule has 0 aliphatic carbocycles. The highest BCUT2D eigenvalue weighted by Gasteiger charge is 2.18. The number of aromatic carboxylic acids is 1.